The van der Waals surface area contributed by atoms with Crippen LogP contribution in [0.1, 0.15) is 32.8 Å². The number of methoxy groups -OCH3 is 1. The molecule has 21 heavy (non-hydrogen) atoms. The molecular weight excluding hydrogens is 328 g/mol. The Morgan fingerprint density at radius 1 is 1.33 bits per heavy atom. The van der Waals surface area contributed by atoms with Gasteiger partial charge in [-0.25, -0.2) is 0 Å². The molecule has 0 fully saturated rings. The molecule has 0 radical (unpaired) electrons. The number of ether oxygens (including phenoxy) is 1. The van der Waals surface area contributed by atoms with E-state index in [0.717, 1.165) is 37.0 Å². The van der Waals surface area contributed by atoms with Gasteiger partial charge in [0, 0.05) is 30.7 Å². The van der Waals surface area contributed by atoms with Crippen molar-refractivity contribution in [2.45, 2.75) is 39.7 Å². The highest BCUT2D eigenvalue weighted by molar-refractivity contribution is 9.10. The van der Waals surface area contributed by atoms with Crippen LogP contribution in [0.15, 0.2) is 22.7 Å². The zero-order valence-corrected chi connectivity index (χ0v) is 15.3. The molecule has 1 rings (SSSR count). The predicted octanol–water partition coefficient (Wildman–Crippen LogP) is 3.84. The van der Waals surface area contributed by atoms with Gasteiger partial charge in [-0.05, 0) is 52.4 Å². The summed E-state index contributed by atoms with van der Waals surface area (Å²) in [6.07, 6.45) is 1.93. The molecule has 2 N–H and O–H groups in total. The van der Waals surface area contributed by atoms with Gasteiger partial charge in [0.2, 0.25) is 0 Å². The van der Waals surface area contributed by atoms with E-state index in [1.165, 1.54) is 11.3 Å². The van der Waals surface area contributed by atoms with E-state index in [1.807, 2.05) is 0 Å². The van der Waals surface area contributed by atoms with E-state index in [0.29, 0.717) is 5.92 Å². The maximum atomic E-state index is 6.04. The van der Waals surface area contributed by atoms with Crippen molar-refractivity contribution in [3.63, 3.8) is 0 Å². The van der Waals surface area contributed by atoms with Gasteiger partial charge < -0.3 is 15.4 Å². The van der Waals surface area contributed by atoms with Crippen LogP contribution in [-0.2, 0) is 11.2 Å². The van der Waals surface area contributed by atoms with Crippen LogP contribution in [0.4, 0.5) is 5.69 Å². The van der Waals surface area contributed by atoms with Crippen LogP contribution in [0.2, 0.25) is 0 Å². The monoisotopic (exact) mass is 356 g/mol. The molecule has 0 spiro atoms. The maximum Gasteiger partial charge on any atom is 0.0637 e. The minimum Gasteiger partial charge on any atom is -0.383 e. The van der Waals surface area contributed by atoms with E-state index in [1.54, 1.807) is 7.11 Å². The molecule has 0 aliphatic heterocycles. The van der Waals surface area contributed by atoms with E-state index >= 15 is 0 Å². The smallest absolute Gasteiger partial charge is 0.0637 e. The lowest BCUT2D eigenvalue weighted by atomic mass is 10.0. The summed E-state index contributed by atoms with van der Waals surface area (Å²) in [7, 11) is 1.75. The Bertz CT molecular complexity index is 423. The highest BCUT2D eigenvalue weighted by atomic mass is 79.9. The van der Waals surface area contributed by atoms with Crippen molar-refractivity contribution < 1.29 is 4.74 Å². The highest BCUT2D eigenvalue weighted by Gasteiger charge is 2.13. The molecule has 4 heteroatoms. The molecule has 1 unspecified atom stereocenters. The first-order valence-corrected chi connectivity index (χ1v) is 8.55. The third kappa shape index (κ3) is 6.37. The van der Waals surface area contributed by atoms with Crippen LogP contribution in [-0.4, -0.2) is 32.8 Å². The molecule has 0 heterocycles. The Morgan fingerprint density at radius 3 is 2.57 bits per heavy atom. The lowest BCUT2D eigenvalue weighted by Crippen LogP contribution is -2.31. The fourth-order valence-electron chi connectivity index (χ4n) is 2.33. The van der Waals surface area contributed by atoms with E-state index in [2.05, 4.69) is 59.8 Å². The van der Waals surface area contributed by atoms with Crippen molar-refractivity contribution in [3.05, 3.63) is 28.2 Å². The second-order valence-corrected chi connectivity index (χ2v) is 6.85. The second-order valence-electron chi connectivity index (χ2n) is 5.99. The van der Waals surface area contributed by atoms with Gasteiger partial charge in [-0.3, -0.25) is 0 Å². The molecule has 1 atom stereocenters. The van der Waals surface area contributed by atoms with Crippen LogP contribution in [0.25, 0.3) is 0 Å². The number of hydrogen-bond acceptors (Lipinski definition) is 3. The fourth-order valence-corrected chi connectivity index (χ4v) is 3.01. The lowest BCUT2D eigenvalue weighted by Gasteiger charge is -2.28. The standard InChI is InChI=1S/C17H29BrN2O/c1-5-15(19)10-14-6-7-17(16(18)11-14)20(8-9-21-4)12-13(2)3/h6-7,11,13,15H,5,8-10,12,19H2,1-4H3. The van der Waals surface area contributed by atoms with E-state index in [4.69, 9.17) is 10.5 Å². The van der Waals surface area contributed by atoms with Gasteiger partial charge in [0.1, 0.15) is 0 Å². The van der Waals surface area contributed by atoms with Crippen LogP contribution >= 0.6 is 15.9 Å². The summed E-state index contributed by atoms with van der Waals surface area (Å²) < 4.78 is 6.37. The first-order chi connectivity index (χ1) is 9.97. The summed E-state index contributed by atoms with van der Waals surface area (Å²) in [6, 6.07) is 6.82. The number of rotatable bonds is 9. The SMILES string of the molecule is CCC(N)Cc1ccc(N(CCOC)CC(C)C)c(Br)c1. The first-order valence-electron chi connectivity index (χ1n) is 7.75. The number of nitrogens with zero attached hydrogens (tertiary/aromatic N) is 1. The normalized spacial score (nSPS) is 12.7. The Morgan fingerprint density at radius 2 is 2.05 bits per heavy atom. The van der Waals surface area contributed by atoms with Gasteiger partial charge in [0.25, 0.3) is 0 Å². The summed E-state index contributed by atoms with van der Waals surface area (Å²) in [5, 5.41) is 0. The molecule has 0 aliphatic rings. The molecule has 0 bridgehead atoms. The van der Waals surface area contributed by atoms with E-state index in [-0.39, 0.29) is 6.04 Å². The van der Waals surface area contributed by atoms with Crippen LogP contribution in [0, 0.1) is 5.92 Å². The first kappa shape index (κ1) is 18.5. The summed E-state index contributed by atoms with van der Waals surface area (Å²) >= 11 is 3.72. The average Bonchev–Trinajstić information content (AvgIpc) is 2.43. The van der Waals surface area contributed by atoms with Crippen molar-refractivity contribution in [2.24, 2.45) is 11.7 Å². The van der Waals surface area contributed by atoms with E-state index < -0.39 is 0 Å². The Labute approximate surface area is 138 Å². The molecule has 0 aliphatic carbocycles. The van der Waals surface area contributed by atoms with Gasteiger partial charge in [-0.2, -0.15) is 0 Å². The van der Waals surface area contributed by atoms with Gasteiger partial charge in [0.05, 0.1) is 12.3 Å². The summed E-state index contributed by atoms with van der Waals surface area (Å²) in [5.41, 5.74) is 8.56. The molecule has 1 aromatic carbocycles. The average molecular weight is 357 g/mol. The molecule has 0 aromatic heterocycles. The zero-order valence-electron chi connectivity index (χ0n) is 13.7. The van der Waals surface area contributed by atoms with Crippen LogP contribution in [0.3, 0.4) is 0 Å². The van der Waals surface area contributed by atoms with Crippen molar-refractivity contribution in [2.75, 3.05) is 31.7 Å². The van der Waals surface area contributed by atoms with E-state index in [9.17, 15) is 0 Å². The van der Waals surface area contributed by atoms with Gasteiger partial charge in [0.15, 0.2) is 0 Å². The quantitative estimate of drug-likeness (QED) is 0.730. The predicted molar refractivity (Wildman–Crippen MR) is 95.0 cm³/mol. The number of benzene rings is 1. The highest BCUT2D eigenvalue weighted by Crippen LogP contribution is 2.28. The van der Waals surface area contributed by atoms with Crippen LogP contribution < -0.4 is 10.6 Å². The molecular formula is C17H29BrN2O. The zero-order chi connectivity index (χ0) is 15.8. The molecule has 120 valence electrons. The molecule has 0 saturated heterocycles. The number of nitrogens with two attached hydrogens (primary N) is 1. The topological polar surface area (TPSA) is 38.5 Å². The Balaban J connectivity index is 2.87. The van der Waals surface area contributed by atoms with Gasteiger partial charge in [-0.1, -0.05) is 26.8 Å². The fraction of sp³-hybridized carbons (Fsp3) is 0.647. The summed E-state index contributed by atoms with van der Waals surface area (Å²) in [6.45, 7) is 9.27. The lowest BCUT2D eigenvalue weighted by molar-refractivity contribution is 0.204. The number of anilines is 1. The maximum absolute atomic E-state index is 6.04. The van der Waals surface area contributed by atoms with Gasteiger partial charge in [-0.15, -0.1) is 0 Å². The molecule has 1 aromatic rings. The third-order valence-electron chi connectivity index (χ3n) is 3.53. The van der Waals surface area contributed by atoms with Gasteiger partial charge >= 0.3 is 0 Å². The molecule has 0 saturated carbocycles. The number of halogens is 1. The Hall–Kier alpha value is -0.580. The minimum absolute atomic E-state index is 0.239. The summed E-state index contributed by atoms with van der Waals surface area (Å²) in [5.74, 6) is 0.613. The summed E-state index contributed by atoms with van der Waals surface area (Å²) in [4.78, 5) is 2.38. The Kier molecular flexibility index (Phi) is 8.30. The largest absolute Gasteiger partial charge is 0.383 e. The van der Waals surface area contributed by atoms with Crippen molar-refractivity contribution in [3.8, 4) is 0 Å². The minimum atomic E-state index is 0.239. The molecule has 0 amide bonds. The van der Waals surface area contributed by atoms with Crippen molar-refractivity contribution in [1.29, 1.82) is 0 Å². The third-order valence-corrected chi connectivity index (χ3v) is 4.16. The number of hydrogen-bond donors (Lipinski definition) is 1. The molecule has 3 nitrogen and oxygen atoms in total. The van der Waals surface area contributed by atoms with Crippen molar-refractivity contribution >= 4 is 21.6 Å². The second kappa shape index (κ2) is 9.44. The van der Waals surface area contributed by atoms with Crippen LogP contribution in [0.5, 0.6) is 0 Å². The van der Waals surface area contributed by atoms with Crippen molar-refractivity contribution in [1.82, 2.24) is 0 Å².